The zero-order valence-corrected chi connectivity index (χ0v) is 14.1. The topological polar surface area (TPSA) is 63.2 Å². The van der Waals surface area contributed by atoms with Crippen LogP contribution in [-0.2, 0) is 4.79 Å². The second kappa shape index (κ2) is 8.76. The molecule has 0 radical (unpaired) electrons. The molecule has 1 aromatic heterocycles. The van der Waals surface area contributed by atoms with Gasteiger partial charge in [-0.15, -0.1) is 23.7 Å². The van der Waals surface area contributed by atoms with Crippen molar-refractivity contribution < 1.29 is 18.3 Å². The number of amides is 1. The molecule has 0 aliphatic rings. The van der Waals surface area contributed by atoms with Crippen molar-refractivity contribution in [3.8, 4) is 17.0 Å². The molecule has 2 N–H and O–H groups in total. The number of thiazole rings is 1. The fraction of sp³-hybridized carbons (Fsp3) is 0.286. The van der Waals surface area contributed by atoms with Crippen molar-refractivity contribution in [2.75, 3.05) is 18.9 Å². The molecular formula is C14H16ClF2N3O2S. The van der Waals surface area contributed by atoms with E-state index in [-0.39, 0.29) is 30.6 Å². The van der Waals surface area contributed by atoms with Crippen LogP contribution in [0.25, 0.3) is 11.3 Å². The van der Waals surface area contributed by atoms with E-state index in [1.807, 2.05) is 6.92 Å². The summed E-state index contributed by atoms with van der Waals surface area (Å²) in [5.41, 5.74) is 1.47. The molecular weight excluding hydrogens is 348 g/mol. The SMILES string of the molecule is CNCC(=O)Nc1nc(-c2ccc(OC(F)F)cc2)c(C)s1.Cl. The maximum absolute atomic E-state index is 12.1. The molecule has 9 heteroatoms. The highest BCUT2D eigenvalue weighted by Gasteiger charge is 2.12. The van der Waals surface area contributed by atoms with E-state index in [2.05, 4.69) is 20.4 Å². The molecule has 0 aliphatic heterocycles. The van der Waals surface area contributed by atoms with Crippen LogP contribution in [-0.4, -0.2) is 31.1 Å². The van der Waals surface area contributed by atoms with Gasteiger partial charge in [0.1, 0.15) is 5.75 Å². The summed E-state index contributed by atoms with van der Waals surface area (Å²) in [5.74, 6) is -0.0855. The number of carbonyl (C=O) groups excluding carboxylic acids is 1. The molecule has 0 unspecified atom stereocenters. The van der Waals surface area contributed by atoms with Gasteiger partial charge in [0.15, 0.2) is 5.13 Å². The van der Waals surface area contributed by atoms with E-state index in [4.69, 9.17) is 0 Å². The van der Waals surface area contributed by atoms with E-state index in [0.717, 1.165) is 10.4 Å². The van der Waals surface area contributed by atoms with E-state index in [9.17, 15) is 13.6 Å². The summed E-state index contributed by atoms with van der Waals surface area (Å²) < 4.78 is 28.5. The minimum Gasteiger partial charge on any atom is -0.435 e. The van der Waals surface area contributed by atoms with Gasteiger partial charge < -0.3 is 15.4 Å². The van der Waals surface area contributed by atoms with Crippen LogP contribution in [0.15, 0.2) is 24.3 Å². The number of hydrogen-bond donors (Lipinski definition) is 2. The van der Waals surface area contributed by atoms with Crippen molar-refractivity contribution in [2.45, 2.75) is 13.5 Å². The summed E-state index contributed by atoms with van der Waals surface area (Å²) in [6, 6.07) is 6.22. The van der Waals surface area contributed by atoms with Crippen LogP contribution < -0.4 is 15.4 Å². The van der Waals surface area contributed by atoms with Gasteiger partial charge in [-0.3, -0.25) is 4.79 Å². The molecule has 2 rings (SSSR count). The highest BCUT2D eigenvalue weighted by Crippen LogP contribution is 2.31. The molecule has 1 aromatic carbocycles. The van der Waals surface area contributed by atoms with Gasteiger partial charge in [0.25, 0.3) is 0 Å². The van der Waals surface area contributed by atoms with Crippen LogP contribution in [0.4, 0.5) is 13.9 Å². The molecule has 126 valence electrons. The number of hydrogen-bond acceptors (Lipinski definition) is 5. The average molecular weight is 364 g/mol. The lowest BCUT2D eigenvalue weighted by atomic mass is 10.1. The molecule has 0 spiro atoms. The number of benzene rings is 1. The Morgan fingerprint density at radius 3 is 2.57 bits per heavy atom. The number of nitrogens with zero attached hydrogens (tertiary/aromatic N) is 1. The Hall–Kier alpha value is -1.77. The molecule has 2 aromatic rings. The maximum Gasteiger partial charge on any atom is 0.387 e. The summed E-state index contributed by atoms with van der Waals surface area (Å²) in [7, 11) is 1.68. The lowest BCUT2D eigenvalue weighted by Crippen LogP contribution is -2.24. The Kier molecular flexibility index (Phi) is 7.34. The zero-order valence-electron chi connectivity index (χ0n) is 12.4. The van der Waals surface area contributed by atoms with E-state index in [1.165, 1.54) is 23.5 Å². The summed E-state index contributed by atoms with van der Waals surface area (Å²) in [4.78, 5) is 16.8. The Balaban J connectivity index is 0.00000264. The molecule has 0 atom stereocenters. The Labute approximate surface area is 142 Å². The molecule has 0 saturated carbocycles. The number of rotatable bonds is 6. The fourth-order valence-electron chi connectivity index (χ4n) is 1.84. The van der Waals surface area contributed by atoms with Gasteiger partial charge in [0.05, 0.1) is 12.2 Å². The number of alkyl halides is 2. The van der Waals surface area contributed by atoms with Crippen LogP contribution in [0.5, 0.6) is 5.75 Å². The quantitative estimate of drug-likeness (QED) is 0.826. The van der Waals surface area contributed by atoms with Crippen molar-refractivity contribution >= 4 is 34.8 Å². The minimum absolute atomic E-state index is 0. The second-order valence-corrected chi connectivity index (χ2v) is 5.61. The van der Waals surface area contributed by atoms with E-state index in [0.29, 0.717) is 10.8 Å². The number of anilines is 1. The van der Waals surface area contributed by atoms with E-state index >= 15 is 0 Å². The Morgan fingerprint density at radius 2 is 2.00 bits per heavy atom. The van der Waals surface area contributed by atoms with E-state index < -0.39 is 6.61 Å². The highest BCUT2D eigenvalue weighted by molar-refractivity contribution is 7.16. The van der Waals surface area contributed by atoms with Crippen molar-refractivity contribution in [3.63, 3.8) is 0 Å². The number of likely N-dealkylation sites (N-methyl/N-ethyl adjacent to an activating group) is 1. The number of nitrogens with one attached hydrogen (secondary N) is 2. The largest absolute Gasteiger partial charge is 0.435 e. The first kappa shape index (κ1) is 19.3. The van der Waals surface area contributed by atoms with Gasteiger partial charge in [-0.05, 0) is 38.2 Å². The normalized spacial score (nSPS) is 10.3. The first-order valence-corrected chi connectivity index (χ1v) is 7.28. The third kappa shape index (κ3) is 5.42. The predicted octanol–water partition coefficient (Wildman–Crippen LogP) is 3.30. The Morgan fingerprint density at radius 1 is 1.35 bits per heavy atom. The third-order valence-electron chi connectivity index (χ3n) is 2.73. The summed E-state index contributed by atoms with van der Waals surface area (Å²) >= 11 is 1.36. The third-order valence-corrected chi connectivity index (χ3v) is 3.62. The number of carbonyl (C=O) groups is 1. The number of halogens is 3. The van der Waals surface area contributed by atoms with Crippen molar-refractivity contribution in [2.24, 2.45) is 0 Å². The first-order valence-electron chi connectivity index (χ1n) is 6.46. The van der Waals surface area contributed by atoms with Crippen molar-refractivity contribution in [3.05, 3.63) is 29.1 Å². The smallest absolute Gasteiger partial charge is 0.387 e. The molecule has 0 saturated heterocycles. The minimum atomic E-state index is -2.85. The summed E-state index contributed by atoms with van der Waals surface area (Å²) in [5, 5.41) is 5.95. The predicted molar refractivity (Wildman–Crippen MR) is 88.7 cm³/mol. The van der Waals surface area contributed by atoms with E-state index in [1.54, 1.807) is 19.2 Å². The lowest BCUT2D eigenvalue weighted by Gasteiger charge is -2.05. The number of ether oxygens (including phenoxy) is 1. The molecule has 0 aliphatic carbocycles. The van der Waals surface area contributed by atoms with Crippen LogP contribution in [0.3, 0.4) is 0 Å². The van der Waals surface area contributed by atoms with Gasteiger partial charge >= 0.3 is 6.61 Å². The summed E-state index contributed by atoms with van der Waals surface area (Å²) in [6.07, 6.45) is 0. The van der Waals surface area contributed by atoms with Crippen LogP contribution in [0, 0.1) is 6.92 Å². The van der Waals surface area contributed by atoms with Gasteiger partial charge in [-0.2, -0.15) is 8.78 Å². The molecule has 23 heavy (non-hydrogen) atoms. The molecule has 0 fully saturated rings. The lowest BCUT2D eigenvalue weighted by molar-refractivity contribution is -0.115. The molecule has 1 heterocycles. The van der Waals surface area contributed by atoms with Crippen molar-refractivity contribution in [1.29, 1.82) is 0 Å². The van der Waals surface area contributed by atoms with Gasteiger partial charge in [-0.25, -0.2) is 4.98 Å². The first-order chi connectivity index (χ1) is 10.5. The van der Waals surface area contributed by atoms with Crippen LogP contribution in [0.1, 0.15) is 4.88 Å². The average Bonchev–Trinajstić information content (AvgIpc) is 2.80. The molecule has 0 bridgehead atoms. The van der Waals surface area contributed by atoms with Crippen LogP contribution >= 0.6 is 23.7 Å². The number of aromatic nitrogens is 1. The zero-order chi connectivity index (χ0) is 16.1. The maximum atomic E-state index is 12.1. The molecule has 5 nitrogen and oxygen atoms in total. The number of aryl methyl sites for hydroxylation is 1. The van der Waals surface area contributed by atoms with Gasteiger partial charge in [-0.1, -0.05) is 0 Å². The monoisotopic (exact) mass is 363 g/mol. The summed E-state index contributed by atoms with van der Waals surface area (Å²) in [6.45, 7) is -0.765. The Bertz CT molecular complexity index is 650. The van der Waals surface area contributed by atoms with Crippen molar-refractivity contribution in [1.82, 2.24) is 10.3 Å². The van der Waals surface area contributed by atoms with Gasteiger partial charge in [0.2, 0.25) is 5.91 Å². The fourth-order valence-corrected chi connectivity index (χ4v) is 2.69. The molecule has 1 amide bonds. The van der Waals surface area contributed by atoms with Crippen LogP contribution in [0.2, 0.25) is 0 Å². The highest BCUT2D eigenvalue weighted by atomic mass is 35.5. The van der Waals surface area contributed by atoms with Gasteiger partial charge in [0, 0.05) is 10.4 Å². The standard InChI is InChI=1S/C14H15F2N3O2S.ClH/c1-8-12(19-14(22-8)18-11(20)7-17-2)9-3-5-10(6-4-9)21-13(15)16;/h3-6,13,17H,7H2,1-2H3,(H,18,19,20);1H. The second-order valence-electron chi connectivity index (χ2n) is 4.41.